The summed E-state index contributed by atoms with van der Waals surface area (Å²) in [5, 5.41) is 8.81. The molecular formula is C15H15N3O. The van der Waals surface area contributed by atoms with Crippen LogP contribution in [0.25, 0.3) is 0 Å². The number of nitrogens with two attached hydrogens (primary N) is 1. The molecule has 4 heteroatoms. The van der Waals surface area contributed by atoms with E-state index >= 15 is 0 Å². The SMILES string of the molecule is Cc1cc(C#N)ccc1COc1ccc(CN)nc1. The highest BCUT2D eigenvalue weighted by atomic mass is 16.5. The minimum absolute atomic E-state index is 0.426. The van der Waals surface area contributed by atoms with Crippen LogP contribution in [0.2, 0.25) is 0 Å². The first kappa shape index (κ1) is 13.1. The topological polar surface area (TPSA) is 71.9 Å². The zero-order chi connectivity index (χ0) is 13.7. The van der Waals surface area contributed by atoms with Crippen LogP contribution in [0.3, 0.4) is 0 Å². The predicted octanol–water partition coefficient (Wildman–Crippen LogP) is 2.30. The maximum atomic E-state index is 8.81. The van der Waals surface area contributed by atoms with Gasteiger partial charge in [-0.05, 0) is 42.3 Å². The monoisotopic (exact) mass is 253 g/mol. The Kier molecular flexibility index (Phi) is 4.11. The number of pyridine rings is 1. The molecule has 0 aliphatic heterocycles. The largest absolute Gasteiger partial charge is 0.487 e. The van der Waals surface area contributed by atoms with Crippen LogP contribution in [-0.4, -0.2) is 4.98 Å². The second-order valence-electron chi connectivity index (χ2n) is 4.23. The van der Waals surface area contributed by atoms with Crippen molar-refractivity contribution in [2.75, 3.05) is 0 Å². The lowest BCUT2D eigenvalue weighted by molar-refractivity contribution is 0.304. The maximum absolute atomic E-state index is 8.81. The molecule has 0 aliphatic carbocycles. The Hall–Kier alpha value is -2.38. The van der Waals surface area contributed by atoms with Crippen molar-refractivity contribution in [3.63, 3.8) is 0 Å². The number of hydrogen-bond donors (Lipinski definition) is 1. The van der Waals surface area contributed by atoms with E-state index < -0.39 is 0 Å². The molecule has 0 spiro atoms. The zero-order valence-corrected chi connectivity index (χ0v) is 10.8. The van der Waals surface area contributed by atoms with Crippen LogP contribution < -0.4 is 10.5 Å². The molecule has 2 N–H and O–H groups in total. The van der Waals surface area contributed by atoms with Gasteiger partial charge in [0.1, 0.15) is 12.4 Å². The van der Waals surface area contributed by atoms with Gasteiger partial charge in [-0.3, -0.25) is 4.98 Å². The van der Waals surface area contributed by atoms with E-state index in [0.717, 1.165) is 16.8 Å². The molecule has 96 valence electrons. The van der Waals surface area contributed by atoms with E-state index in [1.54, 1.807) is 12.3 Å². The molecule has 0 saturated heterocycles. The van der Waals surface area contributed by atoms with Gasteiger partial charge in [-0.15, -0.1) is 0 Å². The van der Waals surface area contributed by atoms with Gasteiger partial charge in [0, 0.05) is 6.54 Å². The quantitative estimate of drug-likeness (QED) is 0.907. The number of hydrogen-bond acceptors (Lipinski definition) is 4. The Bertz CT molecular complexity index is 600. The fraction of sp³-hybridized carbons (Fsp3) is 0.200. The number of nitriles is 1. The van der Waals surface area contributed by atoms with Gasteiger partial charge in [-0.2, -0.15) is 5.26 Å². The third kappa shape index (κ3) is 3.30. The van der Waals surface area contributed by atoms with Gasteiger partial charge in [-0.1, -0.05) is 6.07 Å². The lowest BCUT2D eigenvalue weighted by Crippen LogP contribution is -2.01. The van der Waals surface area contributed by atoms with Gasteiger partial charge in [0.25, 0.3) is 0 Å². The molecule has 0 radical (unpaired) electrons. The average molecular weight is 253 g/mol. The van der Waals surface area contributed by atoms with E-state index in [-0.39, 0.29) is 0 Å². The number of rotatable bonds is 4. The minimum atomic E-state index is 0.426. The van der Waals surface area contributed by atoms with Crippen LogP contribution in [0.15, 0.2) is 36.5 Å². The van der Waals surface area contributed by atoms with E-state index in [1.165, 1.54) is 0 Å². The molecule has 0 atom stereocenters. The molecule has 0 amide bonds. The molecule has 2 rings (SSSR count). The average Bonchev–Trinajstić information content (AvgIpc) is 2.46. The summed E-state index contributed by atoms with van der Waals surface area (Å²) in [7, 11) is 0. The number of ether oxygens (including phenoxy) is 1. The van der Waals surface area contributed by atoms with Crippen molar-refractivity contribution in [2.24, 2.45) is 5.73 Å². The third-order valence-corrected chi connectivity index (χ3v) is 2.87. The van der Waals surface area contributed by atoms with Gasteiger partial charge < -0.3 is 10.5 Å². The second kappa shape index (κ2) is 5.98. The highest BCUT2D eigenvalue weighted by molar-refractivity contribution is 5.37. The molecule has 4 nitrogen and oxygen atoms in total. The zero-order valence-electron chi connectivity index (χ0n) is 10.8. The van der Waals surface area contributed by atoms with Gasteiger partial charge >= 0.3 is 0 Å². The van der Waals surface area contributed by atoms with Crippen LogP contribution in [0.1, 0.15) is 22.4 Å². The Morgan fingerprint density at radius 2 is 2.16 bits per heavy atom. The number of aromatic nitrogens is 1. The lowest BCUT2D eigenvalue weighted by atomic mass is 10.1. The van der Waals surface area contributed by atoms with E-state index in [9.17, 15) is 0 Å². The molecule has 1 aromatic heterocycles. The Morgan fingerprint density at radius 1 is 1.32 bits per heavy atom. The van der Waals surface area contributed by atoms with Crippen LogP contribution >= 0.6 is 0 Å². The first-order valence-electron chi connectivity index (χ1n) is 6.00. The summed E-state index contributed by atoms with van der Waals surface area (Å²) in [6.45, 7) is 2.85. The molecule has 0 fully saturated rings. The van der Waals surface area contributed by atoms with Crippen molar-refractivity contribution in [3.8, 4) is 11.8 Å². The molecule has 0 saturated carbocycles. The summed E-state index contributed by atoms with van der Waals surface area (Å²) >= 11 is 0. The minimum Gasteiger partial charge on any atom is -0.487 e. The summed E-state index contributed by atoms with van der Waals surface area (Å²) in [6.07, 6.45) is 1.67. The summed E-state index contributed by atoms with van der Waals surface area (Å²) in [4.78, 5) is 4.17. The van der Waals surface area contributed by atoms with Gasteiger partial charge in [0.05, 0.1) is 23.5 Å². The standard InChI is InChI=1S/C15H15N3O/c1-11-6-12(7-16)2-3-13(11)10-19-15-5-4-14(8-17)18-9-15/h2-6,9H,8,10,17H2,1H3. The lowest BCUT2D eigenvalue weighted by Gasteiger charge is -2.09. The van der Waals surface area contributed by atoms with Crippen LogP contribution in [0.5, 0.6) is 5.75 Å². The molecule has 0 aliphatic rings. The molecule has 1 heterocycles. The van der Waals surface area contributed by atoms with Gasteiger partial charge in [0.15, 0.2) is 0 Å². The molecule has 1 aromatic carbocycles. The highest BCUT2D eigenvalue weighted by Crippen LogP contribution is 2.15. The Morgan fingerprint density at radius 3 is 2.74 bits per heavy atom. The number of benzene rings is 1. The summed E-state index contributed by atoms with van der Waals surface area (Å²) in [5.74, 6) is 0.709. The Balaban J connectivity index is 2.04. The van der Waals surface area contributed by atoms with Crippen molar-refractivity contribution in [1.82, 2.24) is 4.98 Å². The van der Waals surface area contributed by atoms with Crippen molar-refractivity contribution in [3.05, 3.63) is 58.9 Å². The molecular weight excluding hydrogens is 238 g/mol. The van der Waals surface area contributed by atoms with E-state index in [4.69, 9.17) is 15.7 Å². The predicted molar refractivity (Wildman–Crippen MR) is 72.4 cm³/mol. The number of aryl methyl sites for hydroxylation is 1. The van der Waals surface area contributed by atoms with Crippen molar-refractivity contribution in [2.45, 2.75) is 20.1 Å². The molecule has 0 bridgehead atoms. The second-order valence-corrected chi connectivity index (χ2v) is 4.23. The van der Waals surface area contributed by atoms with E-state index in [2.05, 4.69) is 11.1 Å². The van der Waals surface area contributed by atoms with Crippen molar-refractivity contribution < 1.29 is 4.74 Å². The first-order chi connectivity index (χ1) is 9.22. The summed E-state index contributed by atoms with van der Waals surface area (Å²) < 4.78 is 5.66. The van der Waals surface area contributed by atoms with Crippen molar-refractivity contribution in [1.29, 1.82) is 5.26 Å². The van der Waals surface area contributed by atoms with Crippen LogP contribution in [0.4, 0.5) is 0 Å². The van der Waals surface area contributed by atoms with E-state index in [1.807, 2.05) is 31.2 Å². The molecule has 0 unspecified atom stereocenters. The molecule has 19 heavy (non-hydrogen) atoms. The van der Waals surface area contributed by atoms with Crippen LogP contribution in [-0.2, 0) is 13.2 Å². The van der Waals surface area contributed by atoms with Gasteiger partial charge in [-0.25, -0.2) is 0 Å². The number of nitrogens with zero attached hydrogens (tertiary/aromatic N) is 2. The van der Waals surface area contributed by atoms with Crippen molar-refractivity contribution >= 4 is 0 Å². The first-order valence-corrected chi connectivity index (χ1v) is 6.00. The van der Waals surface area contributed by atoms with Gasteiger partial charge in [0.2, 0.25) is 0 Å². The third-order valence-electron chi connectivity index (χ3n) is 2.87. The fourth-order valence-corrected chi connectivity index (χ4v) is 1.71. The maximum Gasteiger partial charge on any atom is 0.138 e. The summed E-state index contributed by atoms with van der Waals surface area (Å²) in [6, 6.07) is 11.4. The normalized spacial score (nSPS) is 9.95. The smallest absolute Gasteiger partial charge is 0.138 e. The van der Waals surface area contributed by atoms with E-state index in [0.29, 0.717) is 24.5 Å². The fourth-order valence-electron chi connectivity index (χ4n) is 1.71. The molecule has 2 aromatic rings. The summed E-state index contributed by atoms with van der Waals surface area (Å²) in [5.41, 5.74) is 9.08. The Labute approximate surface area is 112 Å². The van der Waals surface area contributed by atoms with Crippen LogP contribution in [0, 0.1) is 18.3 Å². The highest BCUT2D eigenvalue weighted by Gasteiger charge is 2.02.